The molecule has 1 aromatic rings. The SMILES string of the molecule is COc1ccc(CS(=O)(=O)C(C)C)c(Br)c1. The Bertz CT molecular complexity index is 466. The van der Waals surface area contributed by atoms with Crippen molar-refractivity contribution in [3.8, 4) is 5.75 Å². The van der Waals surface area contributed by atoms with Crippen molar-refractivity contribution in [3.63, 3.8) is 0 Å². The highest BCUT2D eigenvalue weighted by molar-refractivity contribution is 9.10. The van der Waals surface area contributed by atoms with E-state index in [1.165, 1.54) is 0 Å². The standard InChI is InChI=1S/C11H15BrO3S/c1-8(2)16(13,14)7-9-4-5-10(15-3)6-11(9)12/h4-6,8H,7H2,1-3H3. The van der Waals surface area contributed by atoms with E-state index in [0.29, 0.717) is 5.75 Å². The molecule has 0 saturated carbocycles. The number of halogens is 1. The van der Waals surface area contributed by atoms with Gasteiger partial charge in [0.1, 0.15) is 5.75 Å². The van der Waals surface area contributed by atoms with Gasteiger partial charge in [0, 0.05) is 4.47 Å². The first-order valence-electron chi connectivity index (χ1n) is 4.91. The van der Waals surface area contributed by atoms with Gasteiger partial charge >= 0.3 is 0 Å². The molecule has 0 spiro atoms. The van der Waals surface area contributed by atoms with E-state index < -0.39 is 9.84 Å². The first-order valence-corrected chi connectivity index (χ1v) is 7.41. The second kappa shape index (κ2) is 5.19. The van der Waals surface area contributed by atoms with Gasteiger partial charge in [-0.25, -0.2) is 8.42 Å². The Morgan fingerprint density at radius 1 is 1.38 bits per heavy atom. The van der Waals surface area contributed by atoms with E-state index >= 15 is 0 Å². The molecule has 16 heavy (non-hydrogen) atoms. The predicted octanol–water partition coefficient (Wildman–Crippen LogP) is 2.78. The molecular weight excluding hydrogens is 292 g/mol. The molecule has 3 nitrogen and oxygen atoms in total. The number of methoxy groups -OCH3 is 1. The molecule has 0 fully saturated rings. The average molecular weight is 307 g/mol. The molecule has 1 aromatic carbocycles. The number of ether oxygens (including phenoxy) is 1. The maximum atomic E-state index is 11.8. The summed E-state index contributed by atoms with van der Waals surface area (Å²) in [5, 5.41) is -0.360. The lowest BCUT2D eigenvalue weighted by molar-refractivity contribution is 0.414. The lowest BCUT2D eigenvalue weighted by Crippen LogP contribution is -2.16. The molecule has 0 radical (unpaired) electrons. The fourth-order valence-corrected chi connectivity index (χ4v) is 2.86. The summed E-state index contributed by atoms with van der Waals surface area (Å²) in [7, 11) is -1.49. The molecule has 0 saturated heterocycles. The summed E-state index contributed by atoms with van der Waals surface area (Å²) in [6.45, 7) is 3.37. The third-order valence-electron chi connectivity index (χ3n) is 2.34. The van der Waals surface area contributed by atoms with Crippen LogP contribution in [0.2, 0.25) is 0 Å². The zero-order valence-corrected chi connectivity index (χ0v) is 11.9. The fourth-order valence-electron chi connectivity index (χ4n) is 1.16. The Balaban J connectivity index is 2.99. The highest BCUT2D eigenvalue weighted by atomic mass is 79.9. The summed E-state index contributed by atoms with van der Waals surface area (Å²) in [5.41, 5.74) is 0.759. The molecule has 0 aliphatic rings. The van der Waals surface area contributed by atoms with Crippen molar-refractivity contribution in [2.24, 2.45) is 0 Å². The smallest absolute Gasteiger partial charge is 0.156 e. The van der Waals surface area contributed by atoms with Crippen LogP contribution in [0.15, 0.2) is 22.7 Å². The van der Waals surface area contributed by atoms with E-state index in [-0.39, 0.29) is 11.0 Å². The zero-order valence-electron chi connectivity index (χ0n) is 9.53. The normalized spacial score (nSPS) is 11.8. The van der Waals surface area contributed by atoms with Crippen LogP contribution >= 0.6 is 15.9 Å². The number of hydrogen-bond donors (Lipinski definition) is 0. The highest BCUT2D eigenvalue weighted by Gasteiger charge is 2.18. The minimum Gasteiger partial charge on any atom is -0.497 e. The minimum atomic E-state index is -3.06. The van der Waals surface area contributed by atoms with Crippen LogP contribution in [0.3, 0.4) is 0 Å². The van der Waals surface area contributed by atoms with E-state index in [9.17, 15) is 8.42 Å². The predicted molar refractivity (Wildman–Crippen MR) is 68.5 cm³/mol. The van der Waals surface area contributed by atoms with Gasteiger partial charge in [-0.05, 0) is 31.5 Å². The van der Waals surface area contributed by atoms with E-state index in [0.717, 1.165) is 10.0 Å². The Morgan fingerprint density at radius 2 is 2.00 bits per heavy atom. The molecule has 0 N–H and O–H groups in total. The van der Waals surface area contributed by atoms with Gasteiger partial charge in [0.15, 0.2) is 9.84 Å². The average Bonchev–Trinajstić information content (AvgIpc) is 2.20. The van der Waals surface area contributed by atoms with Crippen molar-refractivity contribution in [2.45, 2.75) is 24.9 Å². The van der Waals surface area contributed by atoms with Gasteiger partial charge in [0.05, 0.1) is 18.1 Å². The summed E-state index contributed by atoms with van der Waals surface area (Å²) >= 11 is 3.35. The zero-order chi connectivity index (χ0) is 12.3. The molecule has 0 aromatic heterocycles. The van der Waals surface area contributed by atoms with Crippen molar-refractivity contribution in [2.75, 3.05) is 7.11 Å². The Labute approximate surface area is 105 Å². The first-order chi connectivity index (χ1) is 7.36. The van der Waals surface area contributed by atoms with Crippen LogP contribution in [-0.4, -0.2) is 20.8 Å². The molecule has 0 aliphatic heterocycles. The van der Waals surface area contributed by atoms with Gasteiger partial charge in [-0.15, -0.1) is 0 Å². The van der Waals surface area contributed by atoms with Crippen molar-refractivity contribution in [3.05, 3.63) is 28.2 Å². The van der Waals surface area contributed by atoms with E-state index in [1.54, 1.807) is 39.2 Å². The highest BCUT2D eigenvalue weighted by Crippen LogP contribution is 2.25. The molecule has 0 heterocycles. The van der Waals surface area contributed by atoms with Gasteiger partial charge in [-0.2, -0.15) is 0 Å². The van der Waals surface area contributed by atoms with Gasteiger partial charge in [-0.1, -0.05) is 22.0 Å². The summed E-state index contributed by atoms with van der Waals surface area (Å²) in [6.07, 6.45) is 0. The summed E-state index contributed by atoms with van der Waals surface area (Å²) in [5.74, 6) is 0.757. The van der Waals surface area contributed by atoms with Crippen LogP contribution in [0, 0.1) is 0 Å². The molecular formula is C11H15BrO3S. The molecule has 0 atom stereocenters. The van der Waals surface area contributed by atoms with Crippen molar-refractivity contribution < 1.29 is 13.2 Å². The third kappa shape index (κ3) is 3.22. The lowest BCUT2D eigenvalue weighted by atomic mass is 10.2. The van der Waals surface area contributed by atoms with E-state index in [2.05, 4.69) is 15.9 Å². The third-order valence-corrected chi connectivity index (χ3v) is 5.22. The van der Waals surface area contributed by atoms with E-state index in [4.69, 9.17) is 4.74 Å². The van der Waals surface area contributed by atoms with Crippen molar-refractivity contribution in [1.82, 2.24) is 0 Å². The number of benzene rings is 1. The maximum absolute atomic E-state index is 11.8. The van der Waals surface area contributed by atoms with Crippen LogP contribution < -0.4 is 4.74 Å². The van der Waals surface area contributed by atoms with Crippen LogP contribution in [0.4, 0.5) is 0 Å². The minimum absolute atomic E-state index is 0.0508. The van der Waals surface area contributed by atoms with Crippen LogP contribution in [0.1, 0.15) is 19.4 Å². The summed E-state index contributed by atoms with van der Waals surface area (Å²) in [4.78, 5) is 0. The Morgan fingerprint density at radius 3 is 2.44 bits per heavy atom. The molecule has 0 aliphatic carbocycles. The summed E-state index contributed by atoms with van der Waals surface area (Å²) in [6, 6.07) is 5.30. The molecule has 0 bridgehead atoms. The van der Waals surface area contributed by atoms with Gasteiger partial charge in [0.25, 0.3) is 0 Å². The molecule has 0 amide bonds. The first kappa shape index (κ1) is 13.5. The Kier molecular flexibility index (Phi) is 4.38. The van der Waals surface area contributed by atoms with Crippen molar-refractivity contribution in [1.29, 1.82) is 0 Å². The molecule has 1 rings (SSSR count). The monoisotopic (exact) mass is 306 g/mol. The van der Waals surface area contributed by atoms with Crippen LogP contribution in [0.5, 0.6) is 5.75 Å². The van der Waals surface area contributed by atoms with Gasteiger partial charge < -0.3 is 4.74 Å². The number of hydrogen-bond acceptors (Lipinski definition) is 3. The second-order valence-corrected chi connectivity index (χ2v) is 7.22. The number of rotatable bonds is 4. The second-order valence-electron chi connectivity index (χ2n) is 3.81. The van der Waals surface area contributed by atoms with Gasteiger partial charge in [-0.3, -0.25) is 0 Å². The van der Waals surface area contributed by atoms with Crippen LogP contribution in [0.25, 0.3) is 0 Å². The topological polar surface area (TPSA) is 43.4 Å². The number of sulfone groups is 1. The molecule has 5 heteroatoms. The molecule has 0 unspecified atom stereocenters. The maximum Gasteiger partial charge on any atom is 0.156 e. The summed E-state index contributed by atoms with van der Waals surface area (Å²) < 4.78 is 29.3. The van der Waals surface area contributed by atoms with Gasteiger partial charge in [0.2, 0.25) is 0 Å². The van der Waals surface area contributed by atoms with E-state index in [1.807, 2.05) is 0 Å². The lowest BCUT2D eigenvalue weighted by Gasteiger charge is -2.10. The quantitative estimate of drug-likeness (QED) is 0.859. The Hall–Kier alpha value is -0.550. The largest absolute Gasteiger partial charge is 0.497 e. The fraction of sp³-hybridized carbons (Fsp3) is 0.455. The van der Waals surface area contributed by atoms with Crippen molar-refractivity contribution >= 4 is 25.8 Å². The molecule has 90 valence electrons. The van der Waals surface area contributed by atoms with Crippen LogP contribution in [-0.2, 0) is 15.6 Å².